The van der Waals surface area contributed by atoms with Gasteiger partial charge in [0.25, 0.3) is 0 Å². The molecule has 3 rings (SSSR count). The van der Waals surface area contributed by atoms with Gasteiger partial charge in [-0.15, -0.1) is 0 Å². The van der Waals surface area contributed by atoms with Crippen LogP contribution in [0.25, 0.3) is 11.6 Å². The fourth-order valence-electron chi connectivity index (χ4n) is 1.63. The second-order valence-electron chi connectivity index (χ2n) is 4.19. The Morgan fingerprint density at radius 2 is 1.95 bits per heavy atom. The van der Waals surface area contributed by atoms with Crippen LogP contribution in [0.4, 0.5) is 11.6 Å². The summed E-state index contributed by atoms with van der Waals surface area (Å²) in [7, 11) is 0. The topological polar surface area (TPSA) is 130 Å². The largest absolute Gasteiger partial charge is 0.461 e. The van der Waals surface area contributed by atoms with Gasteiger partial charge >= 0.3 is 0 Å². The Labute approximate surface area is 123 Å². The third kappa shape index (κ3) is 2.97. The molecule has 0 bridgehead atoms. The number of thioether (sulfide) groups is 1. The van der Waals surface area contributed by atoms with Crippen LogP contribution in [0.2, 0.25) is 0 Å². The first-order chi connectivity index (χ1) is 10.1. The van der Waals surface area contributed by atoms with Crippen molar-refractivity contribution in [2.45, 2.75) is 17.3 Å². The predicted molar refractivity (Wildman–Crippen MR) is 77.1 cm³/mol. The lowest BCUT2D eigenvalue weighted by atomic mass is 10.4. The second kappa shape index (κ2) is 5.44. The Bertz CT molecular complexity index is 722. The Kier molecular flexibility index (Phi) is 3.48. The number of nitrogens with two attached hydrogens (primary N) is 2. The summed E-state index contributed by atoms with van der Waals surface area (Å²) in [6, 6.07) is 5.01. The van der Waals surface area contributed by atoms with Crippen LogP contribution in [0.15, 0.2) is 38.6 Å². The molecule has 0 aromatic carbocycles. The van der Waals surface area contributed by atoms with E-state index in [4.69, 9.17) is 20.4 Å². The van der Waals surface area contributed by atoms with Gasteiger partial charge in [-0.1, -0.05) is 16.9 Å². The first kappa shape index (κ1) is 13.4. The molecule has 0 unspecified atom stereocenters. The summed E-state index contributed by atoms with van der Waals surface area (Å²) >= 11 is 1.33. The van der Waals surface area contributed by atoms with Gasteiger partial charge in [0, 0.05) is 6.07 Å². The van der Waals surface area contributed by atoms with Gasteiger partial charge < -0.3 is 20.4 Å². The van der Waals surface area contributed by atoms with Gasteiger partial charge in [0.2, 0.25) is 11.7 Å². The molecule has 0 saturated heterocycles. The summed E-state index contributed by atoms with van der Waals surface area (Å²) < 4.78 is 10.4. The Balaban J connectivity index is 1.77. The molecule has 4 N–H and O–H groups in total. The Hall–Kier alpha value is -2.55. The molecule has 3 aromatic heterocycles. The van der Waals surface area contributed by atoms with E-state index in [2.05, 4.69) is 20.1 Å². The summed E-state index contributed by atoms with van der Waals surface area (Å²) in [6.07, 6.45) is 1.55. The summed E-state index contributed by atoms with van der Waals surface area (Å²) in [4.78, 5) is 12.5. The van der Waals surface area contributed by atoms with Gasteiger partial charge in [-0.25, -0.2) is 9.97 Å². The number of hydrogen-bond acceptors (Lipinski definition) is 9. The molecule has 1 atom stereocenters. The zero-order chi connectivity index (χ0) is 14.8. The lowest BCUT2D eigenvalue weighted by Gasteiger charge is -2.05. The van der Waals surface area contributed by atoms with Crippen LogP contribution in [0, 0.1) is 0 Å². The molecule has 3 heterocycles. The normalized spacial score (nSPS) is 12.4. The highest BCUT2D eigenvalue weighted by molar-refractivity contribution is 7.99. The highest BCUT2D eigenvalue weighted by atomic mass is 32.2. The van der Waals surface area contributed by atoms with Crippen LogP contribution in [-0.2, 0) is 0 Å². The van der Waals surface area contributed by atoms with E-state index in [0.29, 0.717) is 34.3 Å². The van der Waals surface area contributed by atoms with Gasteiger partial charge in [0.1, 0.15) is 11.6 Å². The summed E-state index contributed by atoms with van der Waals surface area (Å²) in [5.41, 5.74) is 11.3. The van der Waals surface area contributed by atoms with Gasteiger partial charge in [-0.3, -0.25) is 0 Å². The average molecular weight is 304 g/mol. The molecule has 0 amide bonds. The van der Waals surface area contributed by atoms with Crippen LogP contribution in [0.5, 0.6) is 0 Å². The number of nitrogen functional groups attached to an aromatic ring is 2. The Morgan fingerprint density at radius 1 is 1.19 bits per heavy atom. The van der Waals surface area contributed by atoms with Crippen LogP contribution >= 0.6 is 11.8 Å². The molecule has 0 spiro atoms. The van der Waals surface area contributed by atoms with E-state index in [-0.39, 0.29) is 5.25 Å². The lowest BCUT2D eigenvalue weighted by Crippen LogP contribution is -2.00. The third-order valence-corrected chi connectivity index (χ3v) is 3.51. The number of anilines is 2. The maximum Gasteiger partial charge on any atom is 0.240 e. The van der Waals surface area contributed by atoms with Crippen molar-refractivity contribution in [3.63, 3.8) is 0 Å². The van der Waals surface area contributed by atoms with Crippen molar-refractivity contribution >= 4 is 23.4 Å². The minimum absolute atomic E-state index is 0.151. The molecule has 3 aromatic rings. The highest BCUT2D eigenvalue weighted by Gasteiger charge is 2.19. The van der Waals surface area contributed by atoms with Crippen molar-refractivity contribution in [3.05, 3.63) is 30.4 Å². The van der Waals surface area contributed by atoms with Crippen LogP contribution in [0.3, 0.4) is 0 Å². The molecule has 0 radical (unpaired) electrons. The monoisotopic (exact) mass is 304 g/mol. The van der Waals surface area contributed by atoms with Gasteiger partial charge in [-0.2, -0.15) is 4.98 Å². The van der Waals surface area contributed by atoms with E-state index in [9.17, 15) is 0 Å². The van der Waals surface area contributed by atoms with Crippen molar-refractivity contribution in [1.29, 1.82) is 0 Å². The summed E-state index contributed by atoms with van der Waals surface area (Å²) in [6.45, 7) is 1.90. The lowest BCUT2D eigenvalue weighted by molar-refractivity contribution is 0.379. The van der Waals surface area contributed by atoms with E-state index in [1.807, 2.05) is 6.92 Å². The van der Waals surface area contributed by atoms with Crippen molar-refractivity contribution in [1.82, 2.24) is 20.1 Å². The SMILES string of the molecule is C[C@H](Sc1nc(N)cc(N)n1)c1nc(-c2ccco2)no1. The predicted octanol–water partition coefficient (Wildman–Crippen LogP) is 2.14. The number of hydrogen-bond donors (Lipinski definition) is 2. The van der Waals surface area contributed by atoms with Gasteiger partial charge in [-0.05, 0) is 19.1 Å². The molecule has 0 aliphatic carbocycles. The number of rotatable bonds is 4. The smallest absolute Gasteiger partial charge is 0.240 e. The second-order valence-corrected chi connectivity index (χ2v) is 5.50. The maximum atomic E-state index is 5.63. The highest BCUT2D eigenvalue weighted by Crippen LogP contribution is 2.33. The van der Waals surface area contributed by atoms with Gasteiger partial charge in [0.15, 0.2) is 10.9 Å². The minimum atomic E-state index is -0.151. The van der Waals surface area contributed by atoms with E-state index >= 15 is 0 Å². The molecule has 0 saturated carbocycles. The van der Waals surface area contributed by atoms with Crippen molar-refractivity contribution in [2.75, 3.05) is 11.5 Å². The van der Waals surface area contributed by atoms with Gasteiger partial charge in [0.05, 0.1) is 11.5 Å². The molecule has 108 valence electrons. The van der Waals surface area contributed by atoms with Crippen LogP contribution in [0.1, 0.15) is 18.1 Å². The molecule has 21 heavy (non-hydrogen) atoms. The molecule has 9 heteroatoms. The Morgan fingerprint density at radius 3 is 2.62 bits per heavy atom. The summed E-state index contributed by atoms with van der Waals surface area (Å²) in [5, 5.41) is 4.18. The van der Waals surface area contributed by atoms with Crippen LogP contribution in [-0.4, -0.2) is 20.1 Å². The fourth-order valence-corrected chi connectivity index (χ4v) is 2.46. The molecule has 0 fully saturated rings. The standard InChI is InChI=1S/C12H12N6O2S/c1-6(21-12-15-8(13)5-9(14)16-12)11-17-10(18-20-11)7-3-2-4-19-7/h2-6H,1H3,(H4,13,14,15,16)/t6-/m0/s1. The first-order valence-electron chi connectivity index (χ1n) is 6.06. The van der Waals surface area contributed by atoms with E-state index in [0.717, 1.165) is 0 Å². The van der Waals surface area contributed by atoms with Crippen molar-refractivity contribution in [3.8, 4) is 11.6 Å². The third-order valence-electron chi connectivity index (χ3n) is 2.56. The number of furan rings is 1. The first-order valence-corrected chi connectivity index (χ1v) is 6.94. The maximum absolute atomic E-state index is 5.63. The zero-order valence-electron chi connectivity index (χ0n) is 11.1. The zero-order valence-corrected chi connectivity index (χ0v) is 11.9. The van der Waals surface area contributed by atoms with Crippen molar-refractivity contribution in [2.24, 2.45) is 0 Å². The van der Waals surface area contributed by atoms with E-state index in [1.165, 1.54) is 17.8 Å². The molecule has 0 aliphatic rings. The fraction of sp³-hybridized carbons (Fsp3) is 0.167. The van der Waals surface area contributed by atoms with Crippen LogP contribution < -0.4 is 11.5 Å². The molecule has 8 nitrogen and oxygen atoms in total. The molecular formula is C12H12N6O2S. The summed E-state index contributed by atoms with van der Waals surface area (Å²) in [5.74, 6) is 2.02. The quantitative estimate of drug-likeness (QED) is 0.549. The number of aromatic nitrogens is 4. The van der Waals surface area contributed by atoms with E-state index < -0.39 is 0 Å². The van der Waals surface area contributed by atoms with Crippen molar-refractivity contribution < 1.29 is 8.94 Å². The number of nitrogens with zero attached hydrogens (tertiary/aromatic N) is 4. The average Bonchev–Trinajstić information content (AvgIpc) is 3.09. The molecule has 0 aliphatic heterocycles. The minimum Gasteiger partial charge on any atom is -0.461 e. The molecular weight excluding hydrogens is 292 g/mol. The van der Waals surface area contributed by atoms with E-state index in [1.54, 1.807) is 18.4 Å².